The van der Waals surface area contributed by atoms with Gasteiger partial charge in [-0.25, -0.2) is 9.97 Å². The molecule has 0 aliphatic heterocycles. The lowest BCUT2D eigenvalue weighted by Gasteiger charge is -1.95. The molecule has 2 heterocycles. The van der Waals surface area contributed by atoms with Gasteiger partial charge in [-0.2, -0.15) is 9.36 Å². The molecule has 0 unspecified atom stereocenters. The Morgan fingerprint density at radius 2 is 2.23 bits per heavy atom. The first-order chi connectivity index (χ1) is 6.27. The van der Waals surface area contributed by atoms with E-state index in [0.717, 1.165) is 11.5 Å². The average Bonchev–Trinajstić information content (AvgIpc) is 2.53. The predicted octanol–water partition coefficient (Wildman–Crippen LogP) is -0.0403. The first kappa shape index (κ1) is 7.87. The van der Waals surface area contributed by atoms with Crippen molar-refractivity contribution in [3.05, 3.63) is 12.5 Å². The van der Waals surface area contributed by atoms with E-state index in [2.05, 4.69) is 25.7 Å². The maximum Gasteiger partial charge on any atom is 0.200 e. The maximum absolute atomic E-state index is 5.56. The Balaban J connectivity index is 2.52. The van der Waals surface area contributed by atoms with Gasteiger partial charge in [0.15, 0.2) is 17.3 Å². The first-order valence-corrected chi connectivity index (χ1v) is 4.13. The zero-order valence-electron chi connectivity index (χ0n) is 6.43. The van der Waals surface area contributed by atoms with E-state index in [9.17, 15) is 0 Å². The van der Waals surface area contributed by atoms with E-state index in [-0.39, 0.29) is 0 Å². The topological polar surface area (TPSA) is 104 Å². The number of rotatable bonds is 1. The highest BCUT2D eigenvalue weighted by molar-refractivity contribution is 7.09. The van der Waals surface area contributed by atoms with Crippen molar-refractivity contribution in [3.63, 3.8) is 0 Å². The van der Waals surface area contributed by atoms with Crippen LogP contribution in [0.25, 0.3) is 11.4 Å². The highest BCUT2D eigenvalue weighted by Gasteiger charge is 2.08. The zero-order valence-corrected chi connectivity index (χ0v) is 7.25. The van der Waals surface area contributed by atoms with Crippen molar-refractivity contribution in [2.24, 2.45) is 0 Å². The maximum atomic E-state index is 5.56. The van der Waals surface area contributed by atoms with Crippen LogP contribution in [0.15, 0.2) is 6.20 Å². The summed E-state index contributed by atoms with van der Waals surface area (Å²) >= 11 is 1.10. The smallest absolute Gasteiger partial charge is 0.200 e. The molecule has 2 aromatic heterocycles. The molecule has 0 spiro atoms. The Morgan fingerprint density at radius 3 is 2.85 bits per heavy atom. The minimum atomic E-state index is 0.299. The SMILES string of the molecule is Nc1nc(-c2cn[c]nc2N)ns1. The highest BCUT2D eigenvalue weighted by atomic mass is 32.1. The third-order valence-corrected chi connectivity index (χ3v) is 1.92. The third kappa shape index (κ3) is 1.41. The fourth-order valence-electron chi connectivity index (χ4n) is 0.819. The fraction of sp³-hybridized carbons (Fsp3) is 0. The van der Waals surface area contributed by atoms with Crippen LogP contribution in [-0.4, -0.2) is 19.3 Å². The van der Waals surface area contributed by atoms with E-state index >= 15 is 0 Å². The van der Waals surface area contributed by atoms with E-state index in [4.69, 9.17) is 11.5 Å². The summed E-state index contributed by atoms with van der Waals surface area (Å²) in [6.07, 6.45) is 3.87. The van der Waals surface area contributed by atoms with Gasteiger partial charge in [0.05, 0.1) is 5.56 Å². The summed E-state index contributed by atoms with van der Waals surface area (Å²) in [5, 5.41) is 0.391. The second-order valence-electron chi connectivity index (χ2n) is 2.23. The Hall–Kier alpha value is -1.76. The van der Waals surface area contributed by atoms with Crippen LogP contribution in [0.4, 0.5) is 10.9 Å². The molecule has 0 atom stereocenters. The van der Waals surface area contributed by atoms with Crippen LogP contribution in [0.5, 0.6) is 0 Å². The summed E-state index contributed by atoms with van der Waals surface area (Å²) < 4.78 is 3.98. The third-order valence-electron chi connectivity index (χ3n) is 1.38. The van der Waals surface area contributed by atoms with Gasteiger partial charge in [-0.15, -0.1) is 0 Å². The molecule has 0 amide bonds. The second kappa shape index (κ2) is 2.94. The van der Waals surface area contributed by atoms with Gasteiger partial charge < -0.3 is 11.5 Å². The average molecular weight is 193 g/mol. The van der Waals surface area contributed by atoms with E-state index in [1.54, 1.807) is 0 Å². The largest absolute Gasteiger partial charge is 0.383 e. The molecule has 0 aliphatic carbocycles. The zero-order chi connectivity index (χ0) is 9.26. The molecule has 0 fully saturated rings. The lowest BCUT2D eigenvalue weighted by atomic mass is 10.3. The summed E-state index contributed by atoms with van der Waals surface area (Å²) in [5.41, 5.74) is 11.6. The minimum absolute atomic E-state index is 0.299. The molecule has 7 heteroatoms. The van der Waals surface area contributed by atoms with E-state index in [1.807, 2.05) is 0 Å². The number of aromatic nitrogens is 4. The molecule has 2 rings (SSSR count). The summed E-state index contributed by atoms with van der Waals surface area (Å²) in [6, 6.07) is 0. The molecule has 0 saturated heterocycles. The molecule has 0 aromatic carbocycles. The summed E-state index contributed by atoms with van der Waals surface area (Å²) in [7, 11) is 0. The van der Waals surface area contributed by atoms with Crippen LogP contribution in [0, 0.1) is 6.33 Å². The quantitative estimate of drug-likeness (QED) is 0.658. The number of nitrogens with two attached hydrogens (primary N) is 2. The van der Waals surface area contributed by atoms with E-state index in [1.165, 1.54) is 6.20 Å². The predicted molar refractivity (Wildman–Crippen MR) is 48.6 cm³/mol. The van der Waals surface area contributed by atoms with Crippen molar-refractivity contribution in [2.75, 3.05) is 11.5 Å². The Morgan fingerprint density at radius 1 is 1.38 bits per heavy atom. The van der Waals surface area contributed by atoms with Crippen LogP contribution >= 0.6 is 11.5 Å². The summed E-state index contributed by atoms with van der Waals surface area (Å²) in [4.78, 5) is 11.3. The molecule has 65 valence electrons. The van der Waals surface area contributed by atoms with Crippen LogP contribution in [0.3, 0.4) is 0 Å². The molecule has 4 N–H and O–H groups in total. The summed E-state index contributed by atoms with van der Waals surface area (Å²) in [6.45, 7) is 0. The molecule has 2 aromatic rings. The van der Waals surface area contributed by atoms with Gasteiger partial charge in [0, 0.05) is 17.7 Å². The van der Waals surface area contributed by atoms with Gasteiger partial charge in [0.1, 0.15) is 5.82 Å². The number of nitrogens with zero attached hydrogens (tertiary/aromatic N) is 4. The van der Waals surface area contributed by atoms with E-state index < -0.39 is 0 Å². The molecule has 0 aliphatic rings. The number of nitrogen functional groups attached to an aromatic ring is 2. The molecule has 6 nitrogen and oxygen atoms in total. The van der Waals surface area contributed by atoms with Crippen molar-refractivity contribution < 1.29 is 0 Å². The highest BCUT2D eigenvalue weighted by Crippen LogP contribution is 2.21. The molecule has 13 heavy (non-hydrogen) atoms. The number of hydrogen-bond acceptors (Lipinski definition) is 7. The molecule has 1 radical (unpaired) electrons. The molecular weight excluding hydrogens is 188 g/mol. The molecular formula is C6H5N6S. The normalized spacial score (nSPS) is 10.2. The fourth-order valence-corrected chi connectivity index (χ4v) is 1.27. The van der Waals surface area contributed by atoms with Crippen molar-refractivity contribution in [3.8, 4) is 11.4 Å². The van der Waals surface area contributed by atoms with Gasteiger partial charge in [-0.3, -0.25) is 0 Å². The Bertz CT molecular complexity index is 425. The first-order valence-electron chi connectivity index (χ1n) is 3.35. The van der Waals surface area contributed by atoms with Gasteiger partial charge in [0.25, 0.3) is 0 Å². The molecule has 0 bridgehead atoms. The summed E-state index contributed by atoms with van der Waals surface area (Å²) in [5.74, 6) is 0.752. The van der Waals surface area contributed by atoms with Crippen LogP contribution < -0.4 is 11.5 Å². The monoisotopic (exact) mass is 193 g/mol. The van der Waals surface area contributed by atoms with Gasteiger partial charge in [-0.05, 0) is 0 Å². The number of anilines is 2. The minimum Gasteiger partial charge on any atom is -0.383 e. The van der Waals surface area contributed by atoms with Crippen molar-refractivity contribution in [1.82, 2.24) is 19.3 Å². The second-order valence-corrected chi connectivity index (χ2v) is 3.01. The van der Waals surface area contributed by atoms with Gasteiger partial charge in [0.2, 0.25) is 0 Å². The standard InChI is InChI=1S/C6H5N6S/c7-4-3(1-9-2-10-4)5-11-6(8)13-12-5/h1H,(H2,7,9,10)(H2,8,11,12). The Labute approximate surface area is 77.8 Å². The van der Waals surface area contributed by atoms with Crippen molar-refractivity contribution in [2.45, 2.75) is 0 Å². The van der Waals surface area contributed by atoms with Crippen LogP contribution in [-0.2, 0) is 0 Å². The van der Waals surface area contributed by atoms with E-state index in [0.29, 0.717) is 22.3 Å². The lowest BCUT2D eigenvalue weighted by Crippen LogP contribution is -1.96. The van der Waals surface area contributed by atoms with Crippen LogP contribution in [0.1, 0.15) is 0 Å². The lowest BCUT2D eigenvalue weighted by molar-refractivity contribution is 1.15. The van der Waals surface area contributed by atoms with Gasteiger partial charge >= 0.3 is 0 Å². The van der Waals surface area contributed by atoms with Gasteiger partial charge in [-0.1, -0.05) is 0 Å². The number of hydrogen-bond donors (Lipinski definition) is 2. The van der Waals surface area contributed by atoms with Crippen LogP contribution in [0.2, 0.25) is 0 Å². The molecule has 0 saturated carbocycles. The van der Waals surface area contributed by atoms with Crippen molar-refractivity contribution in [1.29, 1.82) is 0 Å². The Kier molecular flexibility index (Phi) is 1.78. The van der Waals surface area contributed by atoms with Crippen molar-refractivity contribution >= 4 is 22.5 Å².